The highest BCUT2D eigenvalue weighted by molar-refractivity contribution is 7.10. The molecule has 2 aliphatic rings. The number of morpholine rings is 1. The lowest BCUT2D eigenvalue weighted by Crippen LogP contribution is -2.43. The predicted molar refractivity (Wildman–Crippen MR) is 97.8 cm³/mol. The van der Waals surface area contributed by atoms with Crippen LogP contribution in [0.2, 0.25) is 0 Å². The fraction of sp³-hybridized carbons (Fsp3) is 0.500. The van der Waals surface area contributed by atoms with Crippen molar-refractivity contribution >= 4 is 28.6 Å². The van der Waals surface area contributed by atoms with E-state index >= 15 is 0 Å². The van der Waals surface area contributed by atoms with Gasteiger partial charge in [-0.15, -0.1) is 22.7 Å². The lowest BCUT2D eigenvalue weighted by molar-refractivity contribution is -0.135. The standard InChI is InChI=1S/C18H22N2O2S2/c21-17(19-8-10-22-11-9-19)4-7-20-6-3-15-14(5-13-24-15)18(20)16-2-1-12-23-16/h1-2,5,12-13,18H,3-4,6-11H2/t18-/m0/s1. The van der Waals surface area contributed by atoms with E-state index in [0.717, 1.165) is 32.6 Å². The first-order valence-electron chi connectivity index (χ1n) is 8.52. The van der Waals surface area contributed by atoms with Crippen molar-refractivity contribution in [1.82, 2.24) is 9.80 Å². The Bertz CT molecular complexity index is 677. The molecule has 1 saturated heterocycles. The predicted octanol–water partition coefficient (Wildman–Crippen LogP) is 3.01. The molecule has 0 unspecified atom stereocenters. The minimum Gasteiger partial charge on any atom is -0.378 e. The van der Waals surface area contributed by atoms with E-state index in [4.69, 9.17) is 4.74 Å². The average molecular weight is 363 g/mol. The number of carbonyl (C=O) groups is 1. The van der Waals surface area contributed by atoms with Gasteiger partial charge in [0, 0.05) is 42.4 Å². The Kier molecular flexibility index (Phi) is 4.98. The molecule has 4 nitrogen and oxygen atoms in total. The number of hydrogen-bond acceptors (Lipinski definition) is 5. The third kappa shape index (κ3) is 3.28. The van der Waals surface area contributed by atoms with Crippen LogP contribution in [0.15, 0.2) is 29.0 Å². The Morgan fingerprint density at radius 2 is 2.04 bits per heavy atom. The molecule has 1 atom stereocenters. The molecule has 0 spiro atoms. The van der Waals surface area contributed by atoms with Gasteiger partial charge in [-0.05, 0) is 34.9 Å². The van der Waals surface area contributed by atoms with Crippen LogP contribution >= 0.6 is 22.7 Å². The smallest absolute Gasteiger partial charge is 0.224 e. The van der Waals surface area contributed by atoms with Crippen LogP contribution in [0, 0.1) is 0 Å². The van der Waals surface area contributed by atoms with E-state index in [1.165, 1.54) is 15.3 Å². The van der Waals surface area contributed by atoms with Gasteiger partial charge in [0.15, 0.2) is 0 Å². The van der Waals surface area contributed by atoms with Crippen LogP contribution in [0.1, 0.15) is 27.8 Å². The minimum atomic E-state index is 0.263. The molecule has 2 aromatic rings. The van der Waals surface area contributed by atoms with Crippen molar-refractivity contribution in [2.75, 3.05) is 39.4 Å². The fourth-order valence-electron chi connectivity index (χ4n) is 3.60. The molecule has 6 heteroatoms. The van der Waals surface area contributed by atoms with E-state index in [1.54, 1.807) is 0 Å². The molecule has 4 rings (SSSR count). The molecule has 4 heterocycles. The summed E-state index contributed by atoms with van der Waals surface area (Å²) in [6, 6.07) is 6.93. The van der Waals surface area contributed by atoms with Gasteiger partial charge >= 0.3 is 0 Å². The third-order valence-corrected chi connectivity index (χ3v) is 6.78. The molecule has 0 N–H and O–H groups in total. The normalized spacial score (nSPS) is 21.7. The summed E-state index contributed by atoms with van der Waals surface area (Å²) in [6.07, 6.45) is 1.70. The Labute approximate surface area is 150 Å². The van der Waals surface area contributed by atoms with E-state index in [0.29, 0.717) is 25.7 Å². The Morgan fingerprint density at radius 1 is 1.17 bits per heavy atom. The summed E-state index contributed by atoms with van der Waals surface area (Å²) in [6.45, 7) is 4.68. The van der Waals surface area contributed by atoms with Crippen molar-refractivity contribution in [3.8, 4) is 0 Å². The van der Waals surface area contributed by atoms with E-state index in [2.05, 4.69) is 33.9 Å². The number of hydrogen-bond donors (Lipinski definition) is 0. The molecule has 0 aromatic carbocycles. The topological polar surface area (TPSA) is 32.8 Å². The Balaban J connectivity index is 1.46. The first kappa shape index (κ1) is 16.3. The zero-order chi connectivity index (χ0) is 16.4. The van der Waals surface area contributed by atoms with Crippen LogP contribution in [0.25, 0.3) is 0 Å². The van der Waals surface area contributed by atoms with Gasteiger partial charge in [-0.25, -0.2) is 0 Å². The average Bonchev–Trinajstić information content (AvgIpc) is 3.31. The molecule has 0 radical (unpaired) electrons. The fourth-order valence-corrected chi connectivity index (χ4v) is 5.38. The Morgan fingerprint density at radius 3 is 2.83 bits per heavy atom. The molecular weight excluding hydrogens is 340 g/mol. The van der Waals surface area contributed by atoms with Crippen LogP contribution in [0.4, 0.5) is 0 Å². The van der Waals surface area contributed by atoms with Crippen molar-refractivity contribution in [2.45, 2.75) is 18.9 Å². The van der Waals surface area contributed by atoms with Crippen molar-refractivity contribution < 1.29 is 9.53 Å². The van der Waals surface area contributed by atoms with E-state index in [9.17, 15) is 4.79 Å². The first-order chi connectivity index (χ1) is 11.8. The van der Waals surface area contributed by atoms with E-state index < -0.39 is 0 Å². The minimum absolute atomic E-state index is 0.263. The van der Waals surface area contributed by atoms with E-state index in [1.807, 2.05) is 27.6 Å². The zero-order valence-corrected chi connectivity index (χ0v) is 15.3. The zero-order valence-electron chi connectivity index (χ0n) is 13.6. The number of fused-ring (bicyclic) bond motifs is 1. The second-order valence-electron chi connectivity index (χ2n) is 6.25. The second-order valence-corrected chi connectivity index (χ2v) is 8.23. The largest absolute Gasteiger partial charge is 0.378 e. The number of nitrogens with zero attached hydrogens (tertiary/aromatic N) is 2. The van der Waals surface area contributed by atoms with Gasteiger partial charge in [0.2, 0.25) is 5.91 Å². The highest BCUT2D eigenvalue weighted by Crippen LogP contribution is 2.39. The maximum atomic E-state index is 12.5. The highest BCUT2D eigenvalue weighted by Gasteiger charge is 2.30. The second kappa shape index (κ2) is 7.35. The van der Waals surface area contributed by atoms with Crippen molar-refractivity contribution in [2.24, 2.45) is 0 Å². The number of rotatable bonds is 4. The van der Waals surface area contributed by atoms with E-state index in [-0.39, 0.29) is 5.91 Å². The summed E-state index contributed by atoms with van der Waals surface area (Å²) in [4.78, 5) is 19.8. The molecular formula is C18H22N2O2S2. The van der Waals surface area contributed by atoms with Crippen LogP contribution in [0.3, 0.4) is 0 Å². The third-order valence-electron chi connectivity index (χ3n) is 4.86. The summed E-state index contributed by atoms with van der Waals surface area (Å²) < 4.78 is 5.34. The van der Waals surface area contributed by atoms with Gasteiger partial charge in [-0.1, -0.05) is 6.07 Å². The van der Waals surface area contributed by atoms with Crippen molar-refractivity contribution in [3.63, 3.8) is 0 Å². The monoisotopic (exact) mass is 362 g/mol. The summed E-state index contributed by atoms with van der Waals surface area (Å²) in [5.74, 6) is 0.263. The van der Waals surface area contributed by atoms with Gasteiger partial charge in [-0.2, -0.15) is 0 Å². The highest BCUT2D eigenvalue weighted by atomic mass is 32.1. The summed E-state index contributed by atoms with van der Waals surface area (Å²) >= 11 is 3.68. The maximum Gasteiger partial charge on any atom is 0.224 e. The summed E-state index contributed by atoms with van der Waals surface area (Å²) in [7, 11) is 0. The van der Waals surface area contributed by atoms with Crippen LogP contribution in [-0.4, -0.2) is 55.1 Å². The van der Waals surface area contributed by atoms with Crippen LogP contribution in [-0.2, 0) is 16.0 Å². The maximum absolute atomic E-state index is 12.5. The lowest BCUT2D eigenvalue weighted by Gasteiger charge is -2.36. The summed E-state index contributed by atoms with van der Waals surface area (Å²) in [5.41, 5.74) is 1.44. The molecule has 0 aliphatic carbocycles. The summed E-state index contributed by atoms with van der Waals surface area (Å²) in [5, 5.41) is 4.35. The Hall–Kier alpha value is -1.21. The molecule has 24 heavy (non-hydrogen) atoms. The van der Waals surface area contributed by atoms with Gasteiger partial charge in [0.1, 0.15) is 0 Å². The van der Waals surface area contributed by atoms with Gasteiger partial charge in [0.05, 0.1) is 19.3 Å². The number of carbonyl (C=O) groups excluding carboxylic acids is 1. The van der Waals surface area contributed by atoms with Crippen molar-refractivity contribution in [1.29, 1.82) is 0 Å². The first-order valence-corrected chi connectivity index (χ1v) is 10.3. The number of ether oxygens (including phenoxy) is 1. The molecule has 2 aliphatic heterocycles. The SMILES string of the molecule is O=C(CCN1CCc2sccc2[C@H]1c1cccs1)N1CCOCC1. The number of thiophene rings is 2. The van der Waals surface area contributed by atoms with Gasteiger partial charge < -0.3 is 9.64 Å². The molecule has 1 fully saturated rings. The van der Waals surface area contributed by atoms with Gasteiger partial charge in [-0.3, -0.25) is 9.69 Å². The van der Waals surface area contributed by atoms with Crippen LogP contribution < -0.4 is 0 Å². The van der Waals surface area contributed by atoms with Crippen LogP contribution in [0.5, 0.6) is 0 Å². The van der Waals surface area contributed by atoms with Gasteiger partial charge in [0.25, 0.3) is 0 Å². The van der Waals surface area contributed by atoms with Crippen molar-refractivity contribution in [3.05, 3.63) is 44.3 Å². The number of amides is 1. The molecule has 128 valence electrons. The molecule has 0 bridgehead atoms. The molecule has 0 saturated carbocycles. The lowest BCUT2D eigenvalue weighted by atomic mass is 9.98. The molecule has 2 aromatic heterocycles. The molecule has 1 amide bonds. The quantitative estimate of drug-likeness (QED) is 0.838.